The Morgan fingerprint density at radius 3 is 2.60 bits per heavy atom. The largest absolute Gasteiger partial charge is 0.468 e. The highest BCUT2D eigenvalue weighted by Gasteiger charge is 2.34. The maximum atomic E-state index is 13.1. The van der Waals surface area contributed by atoms with E-state index in [0.717, 1.165) is 12.1 Å². The molecule has 108 valence electrons. The first kappa shape index (κ1) is 14.6. The molecule has 1 aromatic carbocycles. The van der Waals surface area contributed by atoms with E-state index in [9.17, 15) is 17.6 Å². The van der Waals surface area contributed by atoms with E-state index in [4.69, 9.17) is 4.42 Å². The lowest BCUT2D eigenvalue weighted by molar-refractivity contribution is -0.140. The molecule has 0 saturated heterocycles. The van der Waals surface area contributed by atoms with Crippen LogP contribution in [0.5, 0.6) is 0 Å². The average molecular weight is 287 g/mol. The highest BCUT2D eigenvalue weighted by molar-refractivity contribution is 5.27. The molecule has 0 radical (unpaired) electrons. The van der Waals surface area contributed by atoms with Gasteiger partial charge in [0.15, 0.2) is 0 Å². The Bertz CT molecular complexity index is 563. The third-order valence-electron chi connectivity index (χ3n) is 2.92. The molecular weight excluding hydrogens is 274 g/mol. The van der Waals surface area contributed by atoms with Gasteiger partial charge in [0.25, 0.3) is 0 Å². The predicted molar refractivity (Wildman–Crippen MR) is 65.4 cm³/mol. The Hall–Kier alpha value is -1.82. The van der Waals surface area contributed by atoms with Gasteiger partial charge in [-0.15, -0.1) is 0 Å². The van der Waals surface area contributed by atoms with Crippen molar-refractivity contribution in [3.63, 3.8) is 0 Å². The molecule has 2 rings (SSSR count). The number of furan rings is 1. The first-order valence-corrected chi connectivity index (χ1v) is 6.00. The standard InChI is InChI=1S/C14H13F4NO/c1-9(13-3-2-6-20-13)19-8-10-4-5-12(15)11(7-10)14(16,17)18/h2-7,9,19H,8H2,1H3/t9-/m1/s1. The molecule has 1 atom stereocenters. The van der Waals surface area contributed by atoms with E-state index in [2.05, 4.69) is 5.32 Å². The molecule has 1 aromatic heterocycles. The van der Waals surface area contributed by atoms with Crippen LogP contribution in [0.2, 0.25) is 0 Å². The van der Waals surface area contributed by atoms with Crippen molar-refractivity contribution in [2.45, 2.75) is 25.7 Å². The summed E-state index contributed by atoms with van der Waals surface area (Å²) in [5, 5.41) is 3.02. The van der Waals surface area contributed by atoms with Gasteiger partial charge in [0.2, 0.25) is 0 Å². The molecule has 0 amide bonds. The Balaban J connectivity index is 2.07. The van der Waals surface area contributed by atoms with Crippen LogP contribution in [0, 0.1) is 5.82 Å². The van der Waals surface area contributed by atoms with Gasteiger partial charge in [-0.3, -0.25) is 0 Å². The maximum absolute atomic E-state index is 13.1. The summed E-state index contributed by atoms with van der Waals surface area (Å²) >= 11 is 0. The first-order valence-electron chi connectivity index (χ1n) is 6.00. The molecule has 0 bridgehead atoms. The molecule has 0 unspecified atom stereocenters. The Morgan fingerprint density at radius 1 is 1.25 bits per heavy atom. The zero-order valence-corrected chi connectivity index (χ0v) is 10.7. The summed E-state index contributed by atoms with van der Waals surface area (Å²) in [4.78, 5) is 0. The number of hydrogen-bond acceptors (Lipinski definition) is 2. The van der Waals surface area contributed by atoms with E-state index < -0.39 is 17.6 Å². The lowest BCUT2D eigenvalue weighted by atomic mass is 10.1. The van der Waals surface area contributed by atoms with Crippen LogP contribution in [0.15, 0.2) is 41.0 Å². The number of rotatable bonds is 4. The monoisotopic (exact) mass is 287 g/mol. The SMILES string of the molecule is C[C@@H](NCc1ccc(F)c(C(F)(F)F)c1)c1ccco1. The molecule has 0 saturated carbocycles. The van der Waals surface area contributed by atoms with Gasteiger partial charge in [0.05, 0.1) is 17.9 Å². The molecule has 0 aliphatic heterocycles. The Morgan fingerprint density at radius 2 is 2.00 bits per heavy atom. The summed E-state index contributed by atoms with van der Waals surface area (Å²) in [7, 11) is 0. The Labute approximate surface area is 113 Å². The van der Waals surface area contributed by atoms with Crippen LogP contribution in [0.25, 0.3) is 0 Å². The van der Waals surface area contributed by atoms with E-state index in [1.807, 2.05) is 6.92 Å². The summed E-state index contributed by atoms with van der Waals surface area (Å²) in [6.45, 7) is 2.01. The molecule has 20 heavy (non-hydrogen) atoms. The smallest absolute Gasteiger partial charge is 0.419 e. The lowest BCUT2D eigenvalue weighted by Crippen LogP contribution is -2.18. The Kier molecular flexibility index (Phi) is 4.13. The molecule has 0 aliphatic rings. The van der Waals surface area contributed by atoms with Crippen LogP contribution in [-0.4, -0.2) is 0 Å². The van der Waals surface area contributed by atoms with Crippen molar-refractivity contribution in [1.29, 1.82) is 0 Å². The highest BCUT2D eigenvalue weighted by atomic mass is 19.4. The van der Waals surface area contributed by atoms with Gasteiger partial charge in [0, 0.05) is 6.54 Å². The molecule has 6 heteroatoms. The third kappa shape index (κ3) is 3.39. The summed E-state index contributed by atoms with van der Waals surface area (Å²) in [6.07, 6.45) is -3.17. The van der Waals surface area contributed by atoms with Crippen molar-refractivity contribution in [2.24, 2.45) is 0 Å². The van der Waals surface area contributed by atoms with Gasteiger partial charge < -0.3 is 9.73 Å². The fraction of sp³-hybridized carbons (Fsp3) is 0.286. The summed E-state index contributed by atoms with van der Waals surface area (Å²) in [5.74, 6) is -0.580. The third-order valence-corrected chi connectivity index (χ3v) is 2.92. The second-order valence-corrected chi connectivity index (χ2v) is 4.43. The van der Waals surface area contributed by atoms with Crippen LogP contribution < -0.4 is 5.32 Å². The second-order valence-electron chi connectivity index (χ2n) is 4.43. The number of nitrogens with one attached hydrogen (secondary N) is 1. The average Bonchev–Trinajstić information content (AvgIpc) is 2.90. The van der Waals surface area contributed by atoms with Crippen LogP contribution >= 0.6 is 0 Å². The van der Waals surface area contributed by atoms with Gasteiger partial charge in [0.1, 0.15) is 11.6 Å². The zero-order valence-electron chi connectivity index (χ0n) is 10.7. The van der Waals surface area contributed by atoms with Crippen molar-refractivity contribution in [1.82, 2.24) is 5.32 Å². The normalized spacial score (nSPS) is 13.4. The minimum Gasteiger partial charge on any atom is -0.468 e. The van der Waals surface area contributed by atoms with Gasteiger partial charge in [-0.05, 0) is 36.8 Å². The van der Waals surface area contributed by atoms with E-state index >= 15 is 0 Å². The van der Waals surface area contributed by atoms with Gasteiger partial charge in [-0.1, -0.05) is 6.07 Å². The minimum atomic E-state index is -4.69. The quantitative estimate of drug-likeness (QED) is 0.849. The molecule has 0 fully saturated rings. The van der Waals surface area contributed by atoms with Crippen molar-refractivity contribution in [3.05, 3.63) is 59.3 Å². The topological polar surface area (TPSA) is 25.2 Å². The van der Waals surface area contributed by atoms with Crippen LogP contribution in [0.4, 0.5) is 17.6 Å². The number of benzene rings is 1. The lowest BCUT2D eigenvalue weighted by Gasteiger charge is -2.13. The molecule has 2 aromatic rings. The zero-order chi connectivity index (χ0) is 14.8. The van der Waals surface area contributed by atoms with Crippen LogP contribution in [-0.2, 0) is 12.7 Å². The van der Waals surface area contributed by atoms with Gasteiger partial charge >= 0.3 is 6.18 Å². The van der Waals surface area contributed by atoms with Crippen LogP contribution in [0.3, 0.4) is 0 Å². The van der Waals surface area contributed by atoms with Gasteiger partial charge in [-0.2, -0.15) is 13.2 Å². The highest BCUT2D eigenvalue weighted by Crippen LogP contribution is 2.32. The molecule has 1 N–H and O–H groups in total. The predicted octanol–water partition coefficient (Wildman–Crippen LogP) is 4.29. The summed E-state index contributed by atoms with van der Waals surface area (Å²) < 4.78 is 56.0. The van der Waals surface area contributed by atoms with Crippen molar-refractivity contribution in [3.8, 4) is 0 Å². The first-order chi connectivity index (χ1) is 9.38. The van der Waals surface area contributed by atoms with Crippen LogP contribution in [0.1, 0.15) is 29.9 Å². The number of alkyl halides is 3. The van der Waals surface area contributed by atoms with Crippen molar-refractivity contribution in [2.75, 3.05) is 0 Å². The fourth-order valence-electron chi connectivity index (χ4n) is 1.81. The second kappa shape index (κ2) is 5.66. The van der Waals surface area contributed by atoms with Gasteiger partial charge in [-0.25, -0.2) is 4.39 Å². The van der Waals surface area contributed by atoms with E-state index in [-0.39, 0.29) is 12.6 Å². The van der Waals surface area contributed by atoms with Crippen molar-refractivity contribution >= 4 is 0 Å². The maximum Gasteiger partial charge on any atom is 0.419 e. The van der Waals surface area contributed by atoms with E-state index in [1.54, 1.807) is 12.1 Å². The molecule has 2 nitrogen and oxygen atoms in total. The molecule has 0 aliphatic carbocycles. The van der Waals surface area contributed by atoms with E-state index in [1.165, 1.54) is 12.3 Å². The number of hydrogen-bond donors (Lipinski definition) is 1. The van der Waals surface area contributed by atoms with E-state index in [0.29, 0.717) is 11.3 Å². The minimum absolute atomic E-state index is 0.149. The summed E-state index contributed by atoms with van der Waals surface area (Å²) in [6, 6.07) is 6.32. The fourth-order valence-corrected chi connectivity index (χ4v) is 1.81. The summed E-state index contributed by atoms with van der Waals surface area (Å²) in [5.41, 5.74) is -0.889. The molecular formula is C14H13F4NO. The molecule has 0 spiro atoms. The van der Waals surface area contributed by atoms with Crippen molar-refractivity contribution < 1.29 is 22.0 Å². The molecule has 1 heterocycles. The number of halogens is 4.